The van der Waals surface area contributed by atoms with Crippen molar-refractivity contribution in [1.29, 1.82) is 0 Å². The van der Waals surface area contributed by atoms with Gasteiger partial charge in [-0.1, -0.05) is 0 Å². The molecule has 0 saturated heterocycles. The highest BCUT2D eigenvalue weighted by Crippen LogP contribution is 2.07. The summed E-state index contributed by atoms with van der Waals surface area (Å²) in [6.07, 6.45) is 3.94. The molecule has 26 heavy (non-hydrogen) atoms. The number of guanidine groups is 1. The van der Waals surface area contributed by atoms with Gasteiger partial charge in [0.25, 0.3) is 5.91 Å². The number of carbonyl (C=O) groups is 1. The molecule has 1 atom stereocenters. The molecule has 0 aliphatic heterocycles. The minimum Gasteiger partial charge on any atom is -0.459 e. The molecule has 0 aliphatic rings. The number of hydrogen-bond acceptors (Lipinski definition) is 5. The Morgan fingerprint density at radius 1 is 1.31 bits per heavy atom. The van der Waals surface area contributed by atoms with Crippen LogP contribution in [0.15, 0.2) is 21.7 Å². The van der Waals surface area contributed by atoms with Crippen molar-refractivity contribution < 1.29 is 17.6 Å². The van der Waals surface area contributed by atoms with Crippen LogP contribution in [-0.2, 0) is 9.84 Å². The maximum atomic E-state index is 11.9. The summed E-state index contributed by atoms with van der Waals surface area (Å²) in [4.78, 5) is 16.0. The van der Waals surface area contributed by atoms with Crippen LogP contribution in [0.2, 0.25) is 0 Å². The lowest BCUT2D eigenvalue weighted by molar-refractivity contribution is 0.0925. The van der Waals surface area contributed by atoms with Crippen LogP contribution < -0.4 is 16.0 Å². The number of aryl methyl sites for hydroxylation is 1. The van der Waals surface area contributed by atoms with Crippen molar-refractivity contribution in [2.45, 2.75) is 32.7 Å². The molecule has 0 aromatic carbocycles. The Labute approximate surface area is 172 Å². The summed E-state index contributed by atoms with van der Waals surface area (Å²) < 4.78 is 27.5. The fraction of sp³-hybridized carbons (Fsp3) is 0.625. The van der Waals surface area contributed by atoms with Gasteiger partial charge in [-0.2, -0.15) is 0 Å². The van der Waals surface area contributed by atoms with Crippen LogP contribution in [-0.4, -0.2) is 58.5 Å². The molecular formula is C16H29IN4O4S. The summed E-state index contributed by atoms with van der Waals surface area (Å²) in [7, 11) is -1.31. The van der Waals surface area contributed by atoms with Gasteiger partial charge in [0.1, 0.15) is 9.84 Å². The zero-order valence-corrected chi connectivity index (χ0v) is 18.8. The maximum absolute atomic E-state index is 11.9. The van der Waals surface area contributed by atoms with E-state index in [0.29, 0.717) is 37.7 Å². The van der Waals surface area contributed by atoms with E-state index in [1.807, 2.05) is 13.8 Å². The van der Waals surface area contributed by atoms with Crippen LogP contribution in [0.25, 0.3) is 0 Å². The second-order valence-electron chi connectivity index (χ2n) is 6.01. The van der Waals surface area contributed by atoms with Gasteiger partial charge in [-0.15, -0.1) is 24.0 Å². The van der Waals surface area contributed by atoms with Crippen LogP contribution in [0.3, 0.4) is 0 Å². The van der Waals surface area contributed by atoms with Crippen molar-refractivity contribution in [3.05, 3.63) is 23.7 Å². The van der Waals surface area contributed by atoms with Gasteiger partial charge in [-0.25, -0.2) is 8.42 Å². The molecular weight excluding hydrogens is 471 g/mol. The monoisotopic (exact) mass is 500 g/mol. The van der Waals surface area contributed by atoms with Gasteiger partial charge in [0.15, 0.2) is 11.7 Å². The second-order valence-corrected chi connectivity index (χ2v) is 8.26. The largest absolute Gasteiger partial charge is 0.459 e. The number of nitrogens with one attached hydrogen (secondary N) is 3. The lowest BCUT2D eigenvalue weighted by atomic mass is 10.2. The van der Waals surface area contributed by atoms with Gasteiger partial charge in [0, 0.05) is 38.0 Å². The number of carbonyl (C=O) groups excluding carboxylic acids is 1. The summed E-state index contributed by atoms with van der Waals surface area (Å²) in [5, 5.41) is 9.07. The standard InChI is InChI=1S/C16H28N4O4S.HI/c1-12-6-10-24-14(12)15(21)18-8-5-9-19-16(17-3)20-13(2)7-11-25(4,22)23;/h6,10,13H,5,7-9,11H2,1-4H3,(H,18,21)(H2,17,19,20);1H. The molecule has 1 unspecified atom stereocenters. The van der Waals surface area contributed by atoms with E-state index in [2.05, 4.69) is 20.9 Å². The minimum atomic E-state index is -2.96. The van der Waals surface area contributed by atoms with Crippen LogP contribution in [0.1, 0.15) is 35.9 Å². The van der Waals surface area contributed by atoms with E-state index in [4.69, 9.17) is 4.42 Å². The Balaban J connectivity index is 0.00000625. The molecule has 1 heterocycles. The fourth-order valence-corrected chi connectivity index (χ4v) is 2.86. The highest BCUT2D eigenvalue weighted by Gasteiger charge is 2.12. The minimum absolute atomic E-state index is 0. The zero-order chi connectivity index (χ0) is 18.9. The first-order valence-electron chi connectivity index (χ1n) is 8.20. The molecule has 0 spiro atoms. The predicted octanol–water partition coefficient (Wildman–Crippen LogP) is 1.31. The van der Waals surface area contributed by atoms with Crippen molar-refractivity contribution in [2.24, 2.45) is 4.99 Å². The van der Waals surface area contributed by atoms with Gasteiger partial charge in [-0.05, 0) is 32.8 Å². The Morgan fingerprint density at radius 2 is 1.96 bits per heavy atom. The van der Waals surface area contributed by atoms with Gasteiger partial charge in [0.05, 0.1) is 12.0 Å². The van der Waals surface area contributed by atoms with E-state index in [9.17, 15) is 13.2 Å². The third-order valence-electron chi connectivity index (χ3n) is 3.53. The van der Waals surface area contributed by atoms with Crippen molar-refractivity contribution in [3.8, 4) is 0 Å². The molecule has 1 aromatic heterocycles. The van der Waals surface area contributed by atoms with E-state index < -0.39 is 9.84 Å². The molecule has 0 saturated carbocycles. The average molecular weight is 500 g/mol. The van der Waals surface area contributed by atoms with Gasteiger partial charge >= 0.3 is 0 Å². The SMILES string of the molecule is CN=C(NCCCNC(=O)c1occc1C)NC(C)CCS(C)(=O)=O.I. The average Bonchev–Trinajstić information content (AvgIpc) is 2.96. The zero-order valence-electron chi connectivity index (χ0n) is 15.7. The molecule has 0 fully saturated rings. The number of hydrogen-bond donors (Lipinski definition) is 3. The predicted molar refractivity (Wildman–Crippen MR) is 114 cm³/mol. The number of furan rings is 1. The highest BCUT2D eigenvalue weighted by atomic mass is 127. The summed E-state index contributed by atoms with van der Waals surface area (Å²) in [6, 6.07) is 1.74. The number of aliphatic imine (C=N–C) groups is 1. The molecule has 3 N–H and O–H groups in total. The third kappa shape index (κ3) is 10.00. The molecule has 1 aromatic rings. The van der Waals surface area contributed by atoms with Crippen molar-refractivity contribution >= 4 is 45.7 Å². The summed E-state index contributed by atoms with van der Waals surface area (Å²) in [6.45, 7) is 4.85. The van der Waals surface area contributed by atoms with E-state index in [0.717, 1.165) is 5.56 Å². The molecule has 0 radical (unpaired) electrons. The van der Waals surface area contributed by atoms with Crippen molar-refractivity contribution in [1.82, 2.24) is 16.0 Å². The summed E-state index contributed by atoms with van der Waals surface area (Å²) in [5.74, 6) is 0.856. The van der Waals surface area contributed by atoms with E-state index in [1.54, 1.807) is 13.1 Å². The van der Waals surface area contributed by atoms with Crippen LogP contribution in [0.5, 0.6) is 0 Å². The fourth-order valence-electron chi connectivity index (χ4n) is 2.07. The number of nitrogens with zero attached hydrogens (tertiary/aromatic N) is 1. The van der Waals surface area contributed by atoms with Gasteiger partial charge < -0.3 is 20.4 Å². The van der Waals surface area contributed by atoms with Crippen LogP contribution >= 0.6 is 24.0 Å². The summed E-state index contributed by atoms with van der Waals surface area (Å²) >= 11 is 0. The van der Waals surface area contributed by atoms with E-state index in [-0.39, 0.29) is 41.7 Å². The first kappa shape index (κ1) is 24.7. The third-order valence-corrected chi connectivity index (χ3v) is 4.51. The first-order valence-corrected chi connectivity index (χ1v) is 10.3. The molecule has 150 valence electrons. The normalized spacial score (nSPS) is 12.8. The lowest BCUT2D eigenvalue weighted by Gasteiger charge is -2.17. The molecule has 10 heteroatoms. The Kier molecular flexibility index (Phi) is 11.5. The number of sulfone groups is 1. The van der Waals surface area contributed by atoms with Gasteiger partial charge in [0.2, 0.25) is 0 Å². The highest BCUT2D eigenvalue weighted by molar-refractivity contribution is 14.0. The molecule has 0 bridgehead atoms. The molecule has 1 rings (SSSR count). The molecule has 1 amide bonds. The summed E-state index contributed by atoms with van der Waals surface area (Å²) in [5.41, 5.74) is 0.809. The second kappa shape index (κ2) is 12.2. The maximum Gasteiger partial charge on any atom is 0.287 e. The van der Waals surface area contributed by atoms with Crippen LogP contribution in [0, 0.1) is 6.92 Å². The Morgan fingerprint density at radius 3 is 2.50 bits per heavy atom. The lowest BCUT2D eigenvalue weighted by Crippen LogP contribution is -2.43. The number of amides is 1. The number of halogens is 1. The number of rotatable bonds is 9. The molecule has 8 nitrogen and oxygen atoms in total. The van der Waals surface area contributed by atoms with E-state index in [1.165, 1.54) is 12.5 Å². The first-order chi connectivity index (χ1) is 11.7. The van der Waals surface area contributed by atoms with Crippen LogP contribution in [0.4, 0.5) is 0 Å². The van der Waals surface area contributed by atoms with Crippen molar-refractivity contribution in [3.63, 3.8) is 0 Å². The molecule has 0 aliphatic carbocycles. The Bertz CT molecular complexity index is 688. The topological polar surface area (TPSA) is 113 Å². The smallest absolute Gasteiger partial charge is 0.287 e. The van der Waals surface area contributed by atoms with Crippen molar-refractivity contribution in [2.75, 3.05) is 32.1 Å². The van der Waals surface area contributed by atoms with Gasteiger partial charge in [-0.3, -0.25) is 9.79 Å². The Hall–Kier alpha value is -1.30. The van der Waals surface area contributed by atoms with E-state index >= 15 is 0 Å². The quantitative estimate of drug-likeness (QED) is 0.204.